The van der Waals surface area contributed by atoms with Gasteiger partial charge in [0.15, 0.2) is 0 Å². The molecule has 3 nitrogen and oxygen atoms in total. The summed E-state index contributed by atoms with van der Waals surface area (Å²) in [5, 5.41) is 3.55. The quantitative estimate of drug-likeness (QED) is 0.601. The first kappa shape index (κ1) is 13.9. The maximum absolute atomic E-state index is 3.55. The molecule has 1 rings (SSSR count). The number of likely N-dealkylation sites (N-methyl/N-ethyl adjacent to an activating group) is 1. The zero-order valence-electron chi connectivity index (χ0n) is 11.2. The Morgan fingerprint density at radius 1 is 1.06 bits per heavy atom. The molecule has 0 bridgehead atoms. The Balaban J connectivity index is 1.89. The molecule has 96 valence electrons. The van der Waals surface area contributed by atoms with Crippen molar-refractivity contribution in [2.45, 2.75) is 33.1 Å². The molecule has 0 aromatic rings. The Hall–Kier alpha value is -0.120. The van der Waals surface area contributed by atoms with E-state index in [4.69, 9.17) is 0 Å². The first-order chi connectivity index (χ1) is 7.86. The van der Waals surface area contributed by atoms with Crippen molar-refractivity contribution in [1.82, 2.24) is 15.1 Å². The van der Waals surface area contributed by atoms with Gasteiger partial charge in [-0.05, 0) is 45.4 Å². The molecular weight excluding hydrogens is 198 g/mol. The molecular formula is C13H29N3. The average Bonchev–Trinajstić information content (AvgIpc) is 2.80. The van der Waals surface area contributed by atoms with Gasteiger partial charge in [0.05, 0.1) is 0 Å². The van der Waals surface area contributed by atoms with Crippen LogP contribution in [0.5, 0.6) is 0 Å². The monoisotopic (exact) mass is 227 g/mol. The van der Waals surface area contributed by atoms with Crippen LogP contribution in [0.25, 0.3) is 0 Å². The summed E-state index contributed by atoms with van der Waals surface area (Å²) in [6, 6.07) is 0. The smallest absolute Gasteiger partial charge is 0.0107 e. The van der Waals surface area contributed by atoms with Crippen molar-refractivity contribution in [3.05, 3.63) is 0 Å². The molecule has 0 aliphatic carbocycles. The van der Waals surface area contributed by atoms with Gasteiger partial charge in [0.2, 0.25) is 0 Å². The van der Waals surface area contributed by atoms with Crippen molar-refractivity contribution in [1.29, 1.82) is 0 Å². The van der Waals surface area contributed by atoms with E-state index < -0.39 is 0 Å². The molecule has 0 aromatic heterocycles. The zero-order valence-corrected chi connectivity index (χ0v) is 11.2. The van der Waals surface area contributed by atoms with Crippen LogP contribution in [-0.4, -0.2) is 62.2 Å². The van der Waals surface area contributed by atoms with Gasteiger partial charge in [0.25, 0.3) is 0 Å². The third kappa shape index (κ3) is 5.83. The van der Waals surface area contributed by atoms with Crippen LogP contribution in [0.3, 0.4) is 0 Å². The number of rotatable bonds is 9. The van der Waals surface area contributed by atoms with Crippen LogP contribution in [0.15, 0.2) is 0 Å². The maximum Gasteiger partial charge on any atom is 0.0107 e. The van der Waals surface area contributed by atoms with Gasteiger partial charge in [-0.15, -0.1) is 0 Å². The van der Waals surface area contributed by atoms with Gasteiger partial charge in [-0.1, -0.05) is 13.8 Å². The van der Waals surface area contributed by atoms with E-state index in [0.29, 0.717) is 0 Å². The molecule has 0 radical (unpaired) electrons. The highest BCUT2D eigenvalue weighted by Crippen LogP contribution is 2.05. The van der Waals surface area contributed by atoms with Crippen LogP contribution >= 0.6 is 0 Å². The summed E-state index contributed by atoms with van der Waals surface area (Å²) in [5.41, 5.74) is 0. The molecule has 1 fully saturated rings. The van der Waals surface area contributed by atoms with Crippen LogP contribution in [0.2, 0.25) is 0 Å². The van der Waals surface area contributed by atoms with Gasteiger partial charge in [0.1, 0.15) is 0 Å². The number of likely N-dealkylation sites (tertiary alicyclic amines) is 1. The lowest BCUT2D eigenvalue weighted by Gasteiger charge is -2.20. The summed E-state index contributed by atoms with van der Waals surface area (Å²) in [5.74, 6) is 0. The molecule has 0 saturated carbocycles. The fraction of sp³-hybridized carbons (Fsp3) is 1.00. The van der Waals surface area contributed by atoms with E-state index in [1.54, 1.807) is 0 Å². The summed E-state index contributed by atoms with van der Waals surface area (Å²) in [6.45, 7) is 14.3. The molecule has 0 aromatic carbocycles. The Morgan fingerprint density at radius 2 is 1.81 bits per heavy atom. The number of nitrogens with zero attached hydrogens (tertiary/aromatic N) is 2. The highest BCUT2D eigenvalue weighted by Gasteiger charge is 2.09. The van der Waals surface area contributed by atoms with Gasteiger partial charge in [-0.3, -0.25) is 0 Å². The minimum absolute atomic E-state index is 1.14. The molecule has 3 heteroatoms. The third-order valence-electron chi connectivity index (χ3n) is 3.40. The normalized spacial score (nSPS) is 17.4. The maximum atomic E-state index is 3.55. The highest BCUT2D eigenvalue weighted by molar-refractivity contribution is 4.67. The number of hydrogen-bond acceptors (Lipinski definition) is 3. The van der Waals surface area contributed by atoms with Gasteiger partial charge in [-0.2, -0.15) is 0 Å². The Morgan fingerprint density at radius 3 is 2.44 bits per heavy atom. The molecule has 1 aliphatic rings. The first-order valence-electron chi connectivity index (χ1n) is 7.02. The van der Waals surface area contributed by atoms with Crippen LogP contribution in [0.4, 0.5) is 0 Å². The van der Waals surface area contributed by atoms with Crippen molar-refractivity contribution < 1.29 is 0 Å². The molecule has 0 spiro atoms. The first-order valence-corrected chi connectivity index (χ1v) is 7.02. The Bertz CT molecular complexity index is 155. The topological polar surface area (TPSA) is 18.5 Å². The predicted octanol–water partition coefficient (Wildman–Crippen LogP) is 1.40. The summed E-state index contributed by atoms with van der Waals surface area (Å²) in [7, 11) is 0. The van der Waals surface area contributed by atoms with Gasteiger partial charge < -0.3 is 15.1 Å². The highest BCUT2D eigenvalue weighted by atomic mass is 15.2. The largest absolute Gasteiger partial charge is 0.314 e. The summed E-state index contributed by atoms with van der Waals surface area (Å²) >= 11 is 0. The van der Waals surface area contributed by atoms with E-state index >= 15 is 0 Å². The summed E-state index contributed by atoms with van der Waals surface area (Å²) in [4.78, 5) is 5.08. The van der Waals surface area contributed by atoms with Crippen LogP contribution < -0.4 is 5.32 Å². The molecule has 1 heterocycles. The minimum Gasteiger partial charge on any atom is -0.314 e. The molecule has 16 heavy (non-hydrogen) atoms. The second kappa shape index (κ2) is 8.97. The number of nitrogens with one attached hydrogen (secondary N) is 1. The van der Waals surface area contributed by atoms with E-state index in [2.05, 4.69) is 29.0 Å². The van der Waals surface area contributed by atoms with Gasteiger partial charge >= 0.3 is 0 Å². The van der Waals surface area contributed by atoms with Crippen LogP contribution in [-0.2, 0) is 0 Å². The van der Waals surface area contributed by atoms with Gasteiger partial charge in [0, 0.05) is 26.2 Å². The molecule has 0 atom stereocenters. The minimum atomic E-state index is 1.14. The Labute approximate surface area is 101 Å². The van der Waals surface area contributed by atoms with Crippen molar-refractivity contribution in [2.75, 3.05) is 52.4 Å². The van der Waals surface area contributed by atoms with Gasteiger partial charge in [-0.25, -0.2) is 0 Å². The lowest BCUT2D eigenvalue weighted by molar-refractivity contribution is 0.281. The zero-order chi connectivity index (χ0) is 11.6. The van der Waals surface area contributed by atoms with Crippen molar-refractivity contribution in [2.24, 2.45) is 0 Å². The summed E-state index contributed by atoms with van der Waals surface area (Å²) < 4.78 is 0. The van der Waals surface area contributed by atoms with Crippen LogP contribution in [0, 0.1) is 0 Å². The lowest BCUT2D eigenvalue weighted by atomic mass is 10.4. The fourth-order valence-electron chi connectivity index (χ4n) is 2.35. The summed E-state index contributed by atoms with van der Waals surface area (Å²) in [6.07, 6.45) is 4.07. The molecule has 1 N–H and O–H groups in total. The lowest BCUT2D eigenvalue weighted by Crippen LogP contribution is -2.36. The van der Waals surface area contributed by atoms with Crippen molar-refractivity contribution in [3.63, 3.8) is 0 Å². The van der Waals surface area contributed by atoms with E-state index in [9.17, 15) is 0 Å². The SMILES string of the molecule is CCCN(CC)CCNCCN1CCCC1. The van der Waals surface area contributed by atoms with E-state index in [0.717, 1.165) is 13.1 Å². The average molecular weight is 227 g/mol. The van der Waals surface area contributed by atoms with E-state index in [1.807, 2.05) is 0 Å². The second-order valence-corrected chi connectivity index (χ2v) is 4.73. The van der Waals surface area contributed by atoms with E-state index in [1.165, 1.54) is 58.5 Å². The Kier molecular flexibility index (Phi) is 7.81. The van der Waals surface area contributed by atoms with Crippen LogP contribution in [0.1, 0.15) is 33.1 Å². The molecule has 1 aliphatic heterocycles. The van der Waals surface area contributed by atoms with E-state index in [-0.39, 0.29) is 0 Å². The molecule has 0 unspecified atom stereocenters. The second-order valence-electron chi connectivity index (χ2n) is 4.73. The molecule has 1 saturated heterocycles. The number of hydrogen-bond donors (Lipinski definition) is 1. The predicted molar refractivity (Wildman–Crippen MR) is 70.9 cm³/mol. The third-order valence-corrected chi connectivity index (χ3v) is 3.40. The van der Waals surface area contributed by atoms with Crippen molar-refractivity contribution in [3.8, 4) is 0 Å². The van der Waals surface area contributed by atoms with Crippen molar-refractivity contribution >= 4 is 0 Å². The molecule has 0 amide bonds. The standard InChI is InChI=1S/C13H29N3/c1-3-9-15(4-2)12-7-14-8-13-16-10-5-6-11-16/h14H,3-13H2,1-2H3. The fourth-order valence-corrected chi connectivity index (χ4v) is 2.35.